The molecule has 0 bridgehead atoms. The summed E-state index contributed by atoms with van der Waals surface area (Å²) in [5.41, 5.74) is 0. The van der Waals surface area contributed by atoms with Gasteiger partial charge < -0.3 is 16.2 Å². The SMILES string of the molecule is N#CS.[K+].[N-]=C=S.[N-]=C=S.[N-]=C=S.[Zn+2]. The molecule has 0 fully saturated rings. The van der Waals surface area contributed by atoms with Gasteiger partial charge in [0.25, 0.3) is 0 Å². The van der Waals surface area contributed by atoms with Crippen LogP contribution < -0.4 is 51.4 Å². The van der Waals surface area contributed by atoms with Gasteiger partial charge >= 0.3 is 70.9 Å². The van der Waals surface area contributed by atoms with Gasteiger partial charge in [-0.1, -0.05) is 49.3 Å². The third-order valence-corrected chi connectivity index (χ3v) is 0. The quantitative estimate of drug-likeness (QED) is 0.209. The van der Waals surface area contributed by atoms with Crippen molar-refractivity contribution in [3.05, 3.63) is 16.2 Å². The number of nitriles is 1. The molecular weight excluding hydrogens is 337 g/mol. The first-order chi connectivity index (χ1) is 5.66. The minimum absolute atomic E-state index is 0. The molecule has 0 atom stereocenters. The Morgan fingerprint density at radius 1 is 0.929 bits per heavy atom. The van der Waals surface area contributed by atoms with Crippen LogP contribution in [0.4, 0.5) is 0 Å². The van der Waals surface area contributed by atoms with Crippen LogP contribution in [0.25, 0.3) is 16.2 Å². The average Bonchev–Trinajstić information content (AvgIpc) is 1.92. The molecule has 14 heavy (non-hydrogen) atoms. The summed E-state index contributed by atoms with van der Waals surface area (Å²) in [5.74, 6) is 0. The Bertz CT molecular complexity index is 181. The minimum atomic E-state index is 0. The number of thiocarbonyl (C=S) groups is 3. The molecule has 0 amide bonds. The van der Waals surface area contributed by atoms with Crippen LogP contribution in [0.15, 0.2) is 0 Å². The summed E-state index contributed by atoms with van der Waals surface area (Å²) >= 11 is 14.2. The van der Waals surface area contributed by atoms with Gasteiger partial charge in [0, 0.05) is 0 Å². The Hall–Kier alpha value is 1.50. The van der Waals surface area contributed by atoms with E-state index in [9.17, 15) is 0 Å². The monoisotopic (exact) mass is 336 g/mol. The first-order valence-electron chi connectivity index (χ1n) is 1.73. The molecule has 64 valence electrons. The van der Waals surface area contributed by atoms with E-state index >= 15 is 0 Å². The zero-order valence-corrected chi connectivity index (χ0v) is 16.6. The van der Waals surface area contributed by atoms with E-state index in [2.05, 4.69) is 49.3 Å². The molecule has 0 unspecified atom stereocenters. The summed E-state index contributed by atoms with van der Waals surface area (Å²) in [7, 11) is 0. The summed E-state index contributed by atoms with van der Waals surface area (Å²) in [4.78, 5) is 0. The fourth-order valence-corrected chi connectivity index (χ4v) is 0. The molecule has 0 heterocycles. The second-order valence-corrected chi connectivity index (χ2v) is 1.12. The molecule has 0 saturated carbocycles. The van der Waals surface area contributed by atoms with Crippen molar-refractivity contribution >= 4 is 64.8 Å². The molecule has 0 aliphatic heterocycles. The van der Waals surface area contributed by atoms with Crippen LogP contribution in [0.3, 0.4) is 0 Å². The molecule has 10 heteroatoms. The Kier molecular flexibility index (Phi) is 225. The minimum Gasteiger partial charge on any atom is -0.753 e. The van der Waals surface area contributed by atoms with E-state index in [0.29, 0.717) is 0 Å². The fourth-order valence-electron chi connectivity index (χ4n) is 0. The number of thiocyanates is 1. The van der Waals surface area contributed by atoms with Crippen LogP contribution in [0, 0.1) is 10.7 Å². The van der Waals surface area contributed by atoms with E-state index in [1.165, 1.54) is 20.9 Å². The van der Waals surface area contributed by atoms with Crippen LogP contribution in [-0.2, 0) is 19.5 Å². The third-order valence-electron chi connectivity index (χ3n) is 0. The number of hydrogen-bond donors (Lipinski definition) is 1. The molecule has 0 radical (unpaired) electrons. The molecule has 0 aromatic carbocycles. The molecule has 0 aromatic heterocycles. The predicted molar refractivity (Wildman–Crippen MR) is 62.5 cm³/mol. The van der Waals surface area contributed by atoms with Gasteiger partial charge in [0.05, 0.1) is 0 Å². The zero-order chi connectivity index (χ0) is 10.8. The number of thiol groups is 1. The maximum atomic E-state index is 7.18. The molecule has 0 N–H and O–H groups in total. The smallest absolute Gasteiger partial charge is 0.753 e. The molecule has 0 aromatic rings. The van der Waals surface area contributed by atoms with Crippen molar-refractivity contribution in [2.75, 3.05) is 0 Å². The molecule has 4 nitrogen and oxygen atoms in total. The largest absolute Gasteiger partial charge is 2.00 e. The van der Waals surface area contributed by atoms with E-state index in [1.54, 1.807) is 0 Å². The van der Waals surface area contributed by atoms with Crippen molar-refractivity contribution < 1.29 is 70.9 Å². The number of rotatable bonds is 0. The van der Waals surface area contributed by atoms with Gasteiger partial charge in [-0.25, -0.2) is 0 Å². The van der Waals surface area contributed by atoms with Crippen molar-refractivity contribution in [1.82, 2.24) is 0 Å². The maximum absolute atomic E-state index is 7.18. The average molecular weight is 338 g/mol. The molecule has 0 aliphatic carbocycles. The van der Waals surface area contributed by atoms with Gasteiger partial charge in [0.1, 0.15) is 5.40 Å². The van der Waals surface area contributed by atoms with Crippen molar-refractivity contribution in [2.24, 2.45) is 0 Å². The van der Waals surface area contributed by atoms with Crippen molar-refractivity contribution in [2.45, 2.75) is 0 Å². The van der Waals surface area contributed by atoms with Gasteiger partial charge in [-0.2, -0.15) is 20.7 Å². The normalized spacial score (nSPS) is 2.29. The summed E-state index contributed by atoms with van der Waals surface area (Å²) in [6.45, 7) is 0. The molecule has 0 spiro atoms. The van der Waals surface area contributed by atoms with Gasteiger partial charge in [-0.15, -0.1) is 0 Å². The molecule has 0 rings (SSSR count). The topological polar surface area (TPSA) is 90.7 Å². The van der Waals surface area contributed by atoms with Gasteiger partial charge in [-0.05, 0) is 0 Å². The second kappa shape index (κ2) is 87.4. The van der Waals surface area contributed by atoms with Crippen LogP contribution >= 0.6 is 49.3 Å². The first kappa shape index (κ1) is 36.1. The van der Waals surface area contributed by atoms with Crippen LogP contribution in [0.1, 0.15) is 0 Å². The Morgan fingerprint density at radius 3 is 0.929 bits per heavy atom. The molecular formula is C4HKN4S4Zn. The Labute approximate surface area is 159 Å². The summed E-state index contributed by atoms with van der Waals surface area (Å²) in [6.07, 6.45) is 0. The standard InChI is InChI=1S/CHNS.3CNS.K.Zn/c4*2-1-3;;/h3H;;;;;/q;3*-1;+1;+2. The van der Waals surface area contributed by atoms with Crippen molar-refractivity contribution in [3.63, 3.8) is 0 Å². The first-order valence-corrected chi connectivity index (χ1v) is 3.40. The molecule has 0 aliphatic rings. The number of nitrogens with zero attached hydrogens (tertiary/aromatic N) is 4. The van der Waals surface area contributed by atoms with E-state index < -0.39 is 0 Å². The Balaban J connectivity index is -0.0000000145. The number of hydrogen-bond acceptors (Lipinski definition) is 5. The van der Waals surface area contributed by atoms with Crippen LogP contribution in [0.2, 0.25) is 0 Å². The summed E-state index contributed by atoms with van der Waals surface area (Å²) in [6, 6.07) is 0. The number of isothiocyanates is 3. The second-order valence-electron chi connectivity index (χ2n) is 0.374. The van der Waals surface area contributed by atoms with Crippen LogP contribution in [0.5, 0.6) is 0 Å². The molecule has 0 saturated heterocycles. The van der Waals surface area contributed by atoms with Crippen molar-refractivity contribution in [1.29, 1.82) is 5.26 Å². The van der Waals surface area contributed by atoms with E-state index in [-0.39, 0.29) is 70.9 Å². The van der Waals surface area contributed by atoms with E-state index in [1.807, 2.05) is 0 Å². The van der Waals surface area contributed by atoms with E-state index in [0.717, 1.165) is 0 Å². The Morgan fingerprint density at radius 2 is 0.929 bits per heavy atom. The van der Waals surface area contributed by atoms with Gasteiger partial charge in [0.2, 0.25) is 0 Å². The zero-order valence-electron chi connectivity index (χ0n) is 7.17. The summed E-state index contributed by atoms with van der Waals surface area (Å²) in [5, 5.41) is 34.0. The fraction of sp³-hybridized carbons (Fsp3) is 0. The maximum Gasteiger partial charge on any atom is 2.00 e. The third kappa shape index (κ3) is 938. The van der Waals surface area contributed by atoms with Gasteiger partial charge in [0.15, 0.2) is 0 Å². The summed E-state index contributed by atoms with van der Waals surface area (Å²) < 4.78 is 0. The predicted octanol–water partition coefficient (Wildman–Crippen LogP) is -0.625. The van der Waals surface area contributed by atoms with Crippen molar-refractivity contribution in [3.8, 4) is 5.40 Å². The van der Waals surface area contributed by atoms with Crippen LogP contribution in [-0.4, -0.2) is 15.5 Å². The van der Waals surface area contributed by atoms with E-state index in [4.69, 9.17) is 21.5 Å². The van der Waals surface area contributed by atoms with Gasteiger partial charge in [-0.3, -0.25) is 0 Å².